The predicted octanol–water partition coefficient (Wildman–Crippen LogP) is 3.23. The van der Waals surface area contributed by atoms with Gasteiger partial charge in [-0.25, -0.2) is 0 Å². The van der Waals surface area contributed by atoms with E-state index in [1.807, 2.05) is 19.1 Å². The molecule has 0 spiro atoms. The molecule has 0 fully saturated rings. The van der Waals surface area contributed by atoms with E-state index in [1.54, 1.807) is 6.08 Å². The minimum absolute atomic E-state index is 0.926. The molecule has 0 heterocycles. The Morgan fingerprint density at radius 1 is 1.36 bits per heavy atom. The van der Waals surface area contributed by atoms with Crippen LogP contribution in [0, 0.1) is 0 Å². The highest BCUT2D eigenvalue weighted by molar-refractivity contribution is 5.32. The zero-order valence-corrected chi connectivity index (χ0v) is 9.29. The van der Waals surface area contributed by atoms with Crippen LogP contribution in [0.25, 0.3) is 0 Å². The Kier molecular flexibility index (Phi) is 9.23. The molecule has 0 aliphatic heterocycles. The fraction of sp³-hybridized carbons (Fsp3) is 0.385. The highest BCUT2D eigenvalue weighted by Crippen LogP contribution is 1.98. The van der Waals surface area contributed by atoms with Gasteiger partial charge in [-0.3, -0.25) is 0 Å². The lowest BCUT2D eigenvalue weighted by atomic mass is 10.2. The fourth-order valence-corrected chi connectivity index (χ4v) is 1.03. The van der Waals surface area contributed by atoms with Crippen LogP contribution in [-0.2, 0) is 0 Å². The Morgan fingerprint density at radius 3 is 2.71 bits per heavy atom. The number of hydrogen-bond donors (Lipinski definition) is 1. The maximum absolute atomic E-state index is 3.65. The normalized spacial score (nSPS) is 12.9. The summed E-state index contributed by atoms with van der Waals surface area (Å²) in [4.78, 5) is 0. The van der Waals surface area contributed by atoms with Gasteiger partial charge in [0.1, 0.15) is 0 Å². The van der Waals surface area contributed by atoms with E-state index >= 15 is 0 Å². The molecule has 0 aromatic heterocycles. The van der Waals surface area contributed by atoms with Gasteiger partial charge in [0.25, 0.3) is 0 Å². The van der Waals surface area contributed by atoms with Gasteiger partial charge in [-0.1, -0.05) is 50.0 Å². The van der Waals surface area contributed by atoms with Crippen LogP contribution in [0.1, 0.15) is 20.3 Å². The molecular formula is C13H21N. The van der Waals surface area contributed by atoms with Gasteiger partial charge in [0, 0.05) is 6.54 Å². The van der Waals surface area contributed by atoms with Gasteiger partial charge < -0.3 is 5.32 Å². The molecule has 1 nitrogen and oxygen atoms in total. The van der Waals surface area contributed by atoms with Crippen LogP contribution < -0.4 is 5.32 Å². The second-order valence-electron chi connectivity index (χ2n) is 3.00. The third kappa shape index (κ3) is 7.56. The molecule has 0 saturated heterocycles. The third-order valence-corrected chi connectivity index (χ3v) is 1.69. The summed E-state index contributed by atoms with van der Waals surface area (Å²) in [6.45, 7) is 9.84. The van der Waals surface area contributed by atoms with Crippen molar-refractivity contribution in [1.29, 1.82) is 0 Å². The van der Waals surface area contributed by atoms with E-state index in [0.29, 0.717) is 0 Å². The monoisotopic (exact) mass is 191 g/mol. The largest absolute Gasteiger partial charge is 0.313 e. The molecule has 1 heteroatoms. The molecule has 0 radical (unpaired) electrons. The highest BCUT2D eigenvalue weighted by atomic mass is 14.8. The minimum atomic E-state index is 0.926. The van der Waals surface area contributed by atoms with Crippen molar-refractivity contribution in [2.45, 2.75) is 20.3 Å². The Balaban J connectivity index is 4.04. The topological polar surface area (TPSA) is 12.0 Å². The average molecular weight is 191 g/mol. The average Bonchev–Trinajstić information content (AvgIpc) is 2.20. The van der Waals surface area contributed by atoms with Crippen LogP contribution in [-0.4, -0.2) is 13.1 Å². The van der Waals surface area contributed by atoms with E-state index in [2.05, 4.69) is 37.0 Å². The molecule has 0 aliphatic carbocycles. The molecule has 0 saturated carbocycles. The van der Waals surface area contributed by atoms with Gasteiger partial charge in [0.2, 0.25) is 0 Å². The lowest BCUT2D eigenvalue weighted by Crippen LogP contribution is -2.14. The first-order chi connectivity index (χ1) is 6.85. The Hall–Kier alpha value is -1.08. The van der Waals surface area contributed by atoms with Crippen molar-refractivity contribution in [3.05, 3.63) is 48.6 Å². The van der Waals surface area contributed by atoms with Gasteiger partial charge in [-0.05, 0) is 25.5 Å². The van der Waals surface area contributed by atoms with Gasteiger partial charge >= 0.3 is 0 Å². The quantitative estimate of drug-likeness (QED) is 0.481. The number of allylic oxidation sites excluding steroid dienone is 6. The van der Waals surface area contributed by atoms with Crippen LogP contribution in [0.4, 0.5) is 0 Å². The van der Waals surface area contributed by atoms with Gasteiger partial charge in [-0.2, -0.15) is 0 Å². The number of hydrogen-bond acceptors (Lipinski definition) is 1. The van der Waals surface area contributed by atoms with Gasteiger partial charge in [-0.15, -0.1) is 0 Å². The molecule has 0 unspecified atom stereocenters. The number of nitrogens with one attached hydrogen (secondary N) is 1. The van der Waals surface area contributed by atoms with Crippen molar-refractivity contribution in [2.75, 3.05) is 13.1 Å². The second-order valence-corrected chi connectivity index (χ2v) is 3.00. The van der Waals surface area contributed by atoms with Crippen LogP contribution in [0.15, 0.2) is 48.6 Å². The summed E-state index contributed by atoms with van der Waals surface area (Å²) >= 11 is 0. The maximum atomic E-state index is 3.65. The Bertz CT molecular complexity index is 221. The molecule has 0 aromatic rings. The minimum Gasteiger partial charge on any atom is -0.313 e. The number of rotatable bonds is 7. The van der Waals surface area contributed by atoms with E-state index in [0.717, 1.165) is 13.1 Å². The first-order valence-corrected chi connectivity index (χ1v) is 5.17. The van der Waals surface area contributed by atoms with Crippen molar-refractivity contribution >= 4 is 0 Å². The van der Waals surface area contributed by atoms with E-state index in [4.69, 9.17) is 0 Å². The Morgan fingerprint density at radius 2 is 2.14 bits per heavy atom. The summed E-state index contributed by atoms with van der Waals surface area (Å²) in [5.41, 5.74) is 1.22. The molecule has 1 N–H and O–H groups in total. The molecule has 0 atom stereocenters. The molecular weight excluding hydrogens is 170 g/mol. The zero-order valence-electron chi connectivity index (χ0n) is 9.29. The summed E-state index contributed by atoms with van der Waals surface area (Å²) in [7, 11) is 0. The lowest BCUT2D eigenvalue weighted by Gasteiger charge is -1.98. The summed E-state index contributed by atoms with van der Waals surface area (Å²) in [5.74, 6) is 0. The molecule has 0 aromatic carbocycles. The van der Waals surface area contributed by atoms with E-state index in [9.17, 15) is 0 Å². The van der Waals surface area contributed by atoms with Crippen molar-refractivity contribution in [1.82, 2.24) is 5.32 Å². The van der Waals surface area contributed by atoms with E-state index < -0.39 is 0 Å². The third-order valence-electron chi connectivity index (χ3n) is 1.69. The van der Waals surface area contributed by atoms with Crippen molar-refractivity contribution < 1.29 is 0 Å². The van der Waals surface area contributed by atoms with E-state index in [-0.39, 0.29) is 0 Å². The first-order valence-electron chi connectivity index (χ1n) is 5.17. The summed E-state index contributed by atoms with van der Waals surface area (Å²) in [6, 6.07) is 0. The van der Waals surface area contributed by atoms with Crippen LogP contribution in [0.2, 0.25) is 0 Å². The predicted molar refractivity (Wildman–Crippen MR) is 65.4 cm³/mol. The summed E-state index contributed by atoms with van der Waals surface area (Å²) in [6.07, 6.45) is 13.3. The maximum Gasteiger partial charge on any atom is 0.0143 e. The Labute approximate surface area is 87.9 Å². The van der Waals surface area contributed by atoms with Crippen molar-refractivity contribution in [3.63, 3.8) is 0 Å². The summed E-state index contributed by atoms with van der Waals surface area (Å²) < 4.78 is 0. The lowest BCUT2D eigenvalue weighted by molar-refractivity contribution is 0.728. The molecule has 0 bridgehead atoms. The molecule has 14 heavy (non-hydrogen) atoms. The highest BCUT2D eigenvalue weighted by Gasteiger charge is 1.84. The van der Waals surface area contributed by atoms with E-state index in [1.165, 1.54) is 12.0 Å². The molecule has 0 amide bonds. The van der Waals surface area contributed by atoms with Crippen LogP contribution in [0.3, 0.4) is 0 Å². The van der Waals surface area contributed by atoms with Gasteiger partial charge in [0.15, 0.2) is 0 Å². The van der Waals surface area contributed by atoms with Crippen molar-refractivity contribution in [2.24, 2.45) is 0 Å². The SMILES string of the molecule is C=C\C=C/C(/C=C\C)=C/CNCCC. The second kappa shape index (κ2) is 10.0. The van der Waals surface area contributed by atoms with Crippen LogP contribution in [0.5, 0.6) is 0 Å². The molecule has 0 rings (SSSR count). The standard InChI is InChI=1S/C13H21N/c1-4-7-9-13(8-5-2)10-12-14-11-6-3/h4-5,7-10,14H,1,6,11-12H2,2-3H3/b8-5-,9-7-,13-10+. The molecule has 0 aliphatic rings. The van der Waals surface area contributed by atoms with Gasteiger partial charge in [0.05, 0.1) is 0 Å². The first kappa shape index (κ1) is 12.9. The fourth-order valence-electron chi connectivity index (χ4n) is 1.03. The smallest absolute Gasteiger partial charge is 0.0143 e. The molecule has 78 valence electrons. The van der Waals surface area contributed by atoms with Crippen molar-refractivity contribution in [3.8, 4) is 0 Å². The zero-order chi connectivity index (χ0) is 10.6. The summed E-state index contributed by atoms with van der Waals surface area (Å²) in [5, 5.41) is 3.33. The van der Waals surface area contributed by atoms with Crippen LogP contribution >= 0.6 is 0 Å².